The number of aromatic nitrogens is 3. The zero-order chi connectivity index (χ0) is 24.5. The Morgan fingerprint density at radius 3 is 2.32 bits per heavy atom. The molecule has 0 radical (unpaired) electrons. The number of halogens is 4. The van der Waals surface area contributed by atoms with E-state index in [1.165, 1.54) is 13.1 Å². The van der Waals surface area contributed by atoms with Gasteiger partial charge in [-0.05, 0) is 60.7 Å². The molecule has 0 aliphatic carbocycles. The highest BCUT2D eigenvalue weighted by molar-refractivity contribution is 6.31. The van der Waals surface area contributed by atoms with Gasteiger partial charge in [-0.3, -0.25) is 4.79 Å². The number of urea groups is 1. The van der Waals surface area contributed by atoms with Crippen LogP contribution in [0.25, 0.3) is 10.9 Å². The molecule has 0 aliphatic heterocycles. The van der Waals surface area contributed by atoms with Gasteiger partial charge >= 0.3 is 12.2 Å². The molecule has 2 amide bonds. The molecule has 0 saturated heterocycles. The van der Waals surface area contributed by atoms with Crippen LogP contribution >= 0.6 is 11.6 Å². The number of carbonyl (C=O) groups is 1. The Hall–Kier alpha value is -4.12. The number of aryl methyl sites for hydroxylation is 1. The number of amides is 2. The zero-order valence-electron chi connectivity index (χ0n) is 17.4. The second-order valence-electron chi connectivity index (χ2n) is 7.10. The van der Waals surface area contributed by atoms with Crippen LogP contribution in [-0.2, 0) is 13.2 Å². The van der Waals surface area contributed by atoms with Crippen LogP contribution in [0.5, 0.6) is 11.5 Å². The normalized spacial score (nSPS) is 11.3. The van der Waals surface area contributed by atoms with E-state index in [9.17, 15) is 22.8 Å². The average molecular weight is 490 g/mol. The number of anilines is 2. The summed E-state index contributed by atoms with van der Waals surface area (Å²) in [5.41, 5.74) is -0.626. The SMILES string of the molecule is Cn1nnc2ccc(Oc3ccc(NC(=O)Nc4ccc(Cl)c(C(F)(F)F)c4)cc3)cc2c1=O. The Morgan fingerprint density at radius 2 is 1.62 bits per heavy atom. The molecule has 0 bridgehead atoms. The predicted octanol–water partition coefficient (Wildman–Crippen LogP) is 5.44. The molecule has 8 nitrogen and oxygen atoms in total. The summed E-state index contributed by atoms with van der Waals surface area (Å²) in [6.07, 6.45) is -4.65. The van der Waals surface area contributed by atoms with Gasteiger partial charge in [-0.1, -0.05) is 16.8 Å². The van der Waals surface area contributed by atoms with Crippen LogP contribution in [0.15, 0.2) is 65.5 Å². The summed E-state index contributed by atoms with van der Waals surface area (Å²) in [6.45, 7) is 0. The molecule has 4 aromatic rings. The molecule has 0 fully saturated rings. The maximum Gasteiger partial charge on any atom is 0.417 e. The molecule has 0 unspecified atom stereocenters. The standard InChI is InChI=1S/C22H15ClF3N5O3/c1-31-20(32)16-11-15(7-9-19(16)29-30-31)34-14-5-2-12(3-6-14)27-21(33)28-13-4-8-18(23)17(10-13)22(24,25)26/h2-11H,1H3,(H2,27,28,33). The molecule has 1 heterocycles. The van der Waals surface area contributed by atoms with Crippen molar-refractivity contribution in [2.24, 2.45) is 7.05 Å². The summed E-state index contributed by atoms with van der Waals surface area (Å²) in [7, 11) is 1.49. The minimum absolute atomic E-state index is 0.0682. The smallest absolute Gasteiger partial charge is 0.417 e. The molecule has 2 N–H and O–H groups in total. The molecule has 0 atom stereocenters. The van der Waals surface area contributed by atoms with Crippen molar-refractivity contribution in [3.05, 3.63) is 81.6 Å². The third kappa shape index (κ3) is 5.09. The zero-order valence-corrected chi connectivity index (χ0v) is 18.1. The number of fused-ring (bicyclic) bond motifs is 1. The lowest BCUT2D eigenvalue weighted by atomic mass is 10.2. The van der Waals surface area contributed by atoms with E-state index in [0.29, 0.717) is 28.1 Å². The van der Waals surface area contributed by atoms with Gasteiger partial charge in [-0.2, -0.15) is 13.2 Å². The first-order valence-electron chi connectivity index (χ1n) is 9.66. The highest BCUT2D eigenvalue weighted by atomic mass is 35.5. The fraction of sp³-hybridized carbons (Fsp3) is 0.0909. The van der Waals surface area contributed by atoms with Crippen LogP contribution in [0.4, 0.5) is 29.3 Å². The van der Waals surface area contributed by atoms with E-state index in [2.05, 4.69) is 20.9 Å². The van der Waals surface area contributed by atoms with Crippen molar-refractivity contribution in [2.75, 3.05) is 10.6 Å². The van der Waals surface area contributed by atoms with E-state index < -0.39 is 22.8 Å². The van der Waals surface area contributed by atoms with Gasteiger partial charge in [0.2, 0.25) is 0 Å². The number of ether oxygens (including phenoxy) is 1. The molecule has 1 aromatic heterocycles. The Labute approximate surface area is 194 Å². The lowest BCUT2D eigenvalue weighted by Crippen LogP contribution is -2.20. The van der Waals surface area contributed by atoms with Crippen molar-refractivity contribution in [1.29, 1.82) is 0 Å². The number of nitrogens with one attached hydrogen (secondary N) is 2. The lowest BCUT2D eigenvalue weighted by molar-refractivity contribution is -0.137. The van der Waals surface area contributed by atoms with Gasteiger partial charge in [0, 0.05) is 18.4 Å². The quantitative estimate of drug-likeness (QED) is 0.398. The van der Waals surface area contributed by atoms with Gasteiger partial charge in [0.15, 0.2) is 0 Å². The van der Waals surface area contributed by atoms with E-state index in [1.807, 2.05) is 0 Å². The number of hydrogen-bond acceptors (Lipinski definition) is 5. The molecule has 0 saturated carbocycles. The summed E-state index contributed by atoms with van der Waals surface area (Å²) in [5.74, 6) is 0.830. The summed E-state index contributed by atoms with van der Waals surface area (Å²) >= 11 is 5.58. The molecule has 3 aromatic carbocycles. The number of carbonyl (C=O) groups excluding carboxylic acids is 1. The molecule has 34 heavy (non-hydrogen) atoms. The van der Waals surface area contributed by atoms with Crippen molar-refractivity contribution in [1.82, 2.24) is 15.0 Å². The van der Waals surface area contributed by atoms with Crippen LogP contribution in [0.2, 0.25) is 5.02 Å². The van der Waals surface area contributed by atoms with Gasteiger partial charge in [0.1, 0.15) is 17.0 Å². The number of nitrogens with zero attached hydrogens (tertiary/aromatic N) is 3. The molecule has 0 aliphatic rings. The summed E-state index contributed by atoms with van der Waals surface area (Å²) in [6, 6.07) is 13.4. The molecule has 4 rings (SSSR count). The summed E-state index contributed by atoms with van der Waals surface area (Å²) in [5, 5.41) is 12.4. The number of benzene rings is 3. The molecular formula is C22H15ClF3N5O3. The Kier molecular flexibility index (Phi) is 6.12. The topological polar surface area (TPSA) is 98.1 Å². The van der Waals surface area contributed by atoms with Crippen molar-refractivity contribution < 1.29 is 22.7 Å². The van der Waals surface area contributed by atoms with Crippen molar-refractivity contribution in [2.45, 2.75) is 6.18 Å². The third-order valence-electron chi connectivity index (χ3n) is 4.66. The van der Waals surface area contributed by atoms with Crippen LogP contribution in [0.1, 0.15) is 5.56 Å². The maximum absolute atomic E-state index is 13.0. The maximum atomic E-state index is 13.0. The minimum Gasteiger partial charge on any atom is -0.457 e. The third-order valence-corrected chi connectivity index (χ3v) is 4.99. The van der Waals surface area contributed by atoms with Gasteiger partial charge < -0.3 is 15.4 Å². The first kappa shape index (κ1) is 23.1. The van der Waals surface area contributed by atoms with E-state index in [0.717, 1.165) is 16.8 Å². The highest BCUT2D eigenvalue weighted by Gasteiger charge is 2.33. The van der Waals surface area contributed by atoms with Gasteiger partial charge in [0.05, 0.1) is 16.0 Å². The Morgan fingerprint density at radius 1 is 0.971 bits per heavy atom. The van der Waals surface area contributed by atoms with Crippen molar-refractivity contribution >= 4 is 39.9 Å². The van der Waals surface area contributed by atoms with Gasteiger partial charge in [-0.25, -0.2) is 9.48 Å². The second-order valence-corrected chi connectivity index (χ2v) is 7.50. The first-order chi connectivity index (χ1) is 16.1. The van der Waals surface area contributed by atoms with Crippen LogP contribution < -0.4 is 20.9 Å². The van der Waals surface area contributed by atoms with Crippen molar-refractivity contribution in [3.63, 3.8) is 0 Å². The molecule has 12 heteroatoms. The van der Waals surface area contributed by atoms with Gasteiger partial charge in [0.25, 0.3) is 5.56 Å². The number of hydrogen-bond donors (Lipinski definition) is 2. The van der Waals surface area contributed by atoms with E-state index in [-0.39, 0.29) is 11.2 Å². The Balaban J connectivity index is 1.42. The largest absolute Gasteiger partial charge is 0.457 e. The van der Waals surface area contributed by atoms with E-state index in [4.69, 9.17) is 16.3 Å². The van der Waals surface area contributed by atoms with E-state index in [1.54, 1.807) is 42.5 Å². The number of alkyl halides is 3. The minimum atomic E-state index is -4.65. The van der Waals surface area contributed by atoms with Crippen molar-refractivity contribution in [3.8, 4) is 11.5 Å². The lowest BCUT2D eigenvalue weighted by Gasteiger charge is -2.12. The first-order valence-corrected chi connectivity index (χ1v) is 10.0. The second kappa shape index (κ2) is 9.02. The number of rotatable bonds is 4. The predicted molar refractivity (Wildman–Crippen MR) is 120 cm³/mol. The summed E-state index contributed by atoms with van der Waals surface area (Å²) in [4.78, 5) is 24.4. The highest BCUT2D eigenvalue weighted by Crippen LogP contribution is 2.36. The molecule has 174 valence electrons. The van der Waals surface area contributed by atoms with E-state index >= 15 is 0 Å². The van der Waals surface area contributed by atoms with Gasteiger partial charge in [-0.15, -0.1) is 5.10 Å². The molecule has 0 spiro atoms. The summed E-state index contributed by atoms with van der Waals surface area (Å²) < 4.78 is 45.8. The monoisotopic (exact) mass is 489 g/mol. The Bertz CT molecular complexity index is 1440. The van der Waals surface area contributed by atoms with Crippen LogP contribution in [-0.4, -0.2) is 21.0 Å². The van der Waals surface area contributed by atoms with Crippen LogP contribution in [0, 0.1) is 0 Å². The van der Waals surface area contributed by atoms with Crippen LogP contribution in [0.3, 0.4) is 0 Å². The fourth-order valence-electron chi connectivity index (χ4n) is 3.02. The average Bonchev–Trinajstić information content (AvgIpc) is 2.78. The molecular weight excluding hydrogens is 475 g/mol. The fourth-order valence-corrected chi connectivity index (χ4v) is 3.25.